The first-order valence-corrected chi connectivity index (χ1v) is 13.1. The topological polar surface area (TPSA) is 3.24 Å². The van der Waals surface area contributed by atoms with Gasteiger partial charge < -0.3 is 0 Å². The van der Waals surface area contributed by atoms with Crippen molar-refractivity contribution in [2.24, 2.45) is 0 Å². The molecule has 5 rings (SSSR count). The lowest BCUT2D eigenvalue weighted by Gasteiger charge is -2.34. The second-order valence-corrected chi connectivity index (χ2v) is 10.4. The van der Waals surface area contributed by atoms with E-state index in [1.807, 2.05) is 54.6 Å². The minimum Gasteiger partial charge on any atom is -0.295 e. The maximum atomic E-state index is 14.3. The van der Waals surface area contributed by atoms with Gasteiger partial charge in [-0.1, -0.05) is 72.8 Å². The molecule has 0 unspecified atom stereocenters. The summed E-state index contributed by atoms with van der Waals surface area (Å²) in [6.07, 6.45) is -5.41. The summed E-state index contributed by atoms with van der Waals surface area (Å²) in [5.74, 6) is 0. The molecule has 0 bridgehead atoms. The van der Waals surface area contributed by atoms with Crippen LogP contribution >= 0.6 is 0 Å². The Morgan fingerprint density at radius 1 is 0.795 bits per heavy atom. The molecule has 1 aliphatic carbocycles. The number of rotatable bonds is 5. The molecule has 0 radical (unpaired) electrons. The van der Waals surface area contributed by atoms with E-state index in [0.717, 1.165) is 46.2 Å². The molecule has 39 heavy (non-hydrogen) atoms. The summed E-state index contributed by atoms with van der Waals surface area (Å²) in [7, 11) is 0. The normalized spacial score (nSPS) is 16.5. The average Bonchev–Trinajstić information content (AvgIpc) is 3.04. The molecule has 0 aromatic heterocycles. The first-order valence-electron chi connectivity index (χ1n) is 13.1. The molecule has 0 spiro atoms. The molecule has 0 amide bonds. The van der Waals surface area contributed by atoms with Gasteiger partial charge in [0.1, 0.15) is 0 Å². The summed E-state index contributed by atoms with van der Waals surface area (Å²) < 4.78 is 80.1. The van der Waals surface area contributed by atoms with E-state index in [2.05, 4.69) is 0 Å². The number of benzene rings is 3. The molecule has 0 atom stereocenters. The number of likely N-dealkylation sites (tertiary alicyclic amines) is 1. The molecule has 7 heteroatoms. The third-order valence-electron chi connectivity index (χ3n) is 7.48. The molecule has 2 aliphatic rings. The van der Waals surface area contributed by atoms with Crippen molar-refractivity contribution in [3.05, 3.63) is 111 Å². The predicted octanol–water partition coefficient (Wildman–Crippen LogP) is 8.96. The molecule has 1 heterocycles. The highest BCUT2D eigenvalue weighted by molar-refractivity contribution is 6.00. The zero-order valence-electron chi connectivity index (χ0n) is 21.6. The highest BCUT2D eigenvalue weighted by Crippen LogP contribution is 2.45. The molecule has 1 aliphatic heterocycles. The molecule has 0 saturated carbocycles. The summed E-state index contributed by atoms with van der Waals surface area (Å²) in [6.45, 7) is 2.52. The van der Waals surface area contributed by atoms with Crippen molar-refractivity contribution in [2.45, 2.75) is 45.0 Å². The summed E-state index contributed by atoms with van der Waals surface area (Å²) in [5, 5.41) is 0. The number of hydrogen-bond donors (Lipinski definition) is 0. The monoisotopic (exact) mass is 541 g/mol. The van der Waals surface area contributed by atoms with Gasteiger partial charge in [0, 0.05) is 19.6 Å². The highest BCUT2D eigenvalue weighted by Gasteiger charge is 2.37. The van der Waals surface area contributed by atoms with Crippen LogP contribution in [-0.4, -0.2) is 30.7 Å². The van der Waals surface area contributed by atoms with E-state index in [1.54, 1.807) is 17.0 Å². The Kier molecular flexibility index (Phi) is 7.47. The minimum absolute atomic E-state index is 0.00497. The van der Waals surface area contributed by atoms with E-state index < -0.39 is 24.3 Å². The lowest BCUT2D eigenvalue weighted by atomic mass is 9.85. The van der Waals surface area contributed by atoms with E-state index >= 15 is 0 Å². The number of allylic oxidation sites excluding steroid dienone is 1. The van der Waals surface area contributed by atoms with Gasteiger partial charge in [0.05, 0.1) is 12.0 Å². The van der Waals surface area contributed by atoms with Crippen LogP contribution in [0.1, 0.15) is 58.2 Å². The molecular weight excluding hydrogens is 512 g/mol. The largest absolute Gasteiger partial charge is 0.417 e. The van der Waals surface area contributed by atoms with E-state index in [9.17, 15) is 26.3 Å². The molecule has 3 aromatic carbocycles. The molecular formula is C32H29F6N. The van der Waals surface area contributed by atoms with Gasteiger partial charge in [0.25, 0.3) is 0 Å². The van der Waals surface area contributed by atoms with Gasteiger partial charge in [-0.3, -0.25) is 4.90 Å². The zero-order chi connectivity index (χ0) is 27.8. The van der Waals surface area contributed by atoms with Crippen molar-refractivity contribution in [1.29, 1.82) is 0 Å². The van der Waals surface area contributed by atoms with Crippen molar-refractivity contribution in [3.63, 3.8) is 0 Å². The van der Waals surface area contributed by atoms with Gasteiger partial charge in [-0.15, -0.1) is 0 Å². The minimum atomic E-state index is -4.47. The molecule has 1 nitrogen and oxygen atoms in total. The second-order valence-electron chi connectivity index (χ2n) is 10.4. The smallest absolute Gasteiger partial charge is 0.295 e. The first kappa shape index (κ1) is 27.3. The van der Waals surface area contributed by atoms with Crippen LogP contribution in [0.2, 0.25) is 0 Å². The lowest BCUT2D eigenvalue weighted by Crippen LogP contribution is -2.41. The van der Waals surface area contributed by atoms with E-state index in [4.69, 9.17) is 0 Å². The Morgan fingerprint density at radius 2 is 1.49 bits per heavy atom. The van der Waals surface area contributed by atoms with E-state index in [1.165, 1.54) is 13.0 Å². The maximum absolute atomic E-state index is 14.3. The van der Waals surface area contributed by atoms with Gasteiger partial charge >= 0.3 is 12.4 Å². The molecule has 204 valence electrons. The van der Waals surface area contributed by atoms with Crippen LogP contribution in [0.4, 0.5) is 26.3 Å². The van der Waals surface area contributed by atoms with Crippen molar-refractivity contribution in [2.75, 3.05) is 19.6 Å². The van der Waals surface area contributed by atoms with Crippen molar-refractivity contribution in [1.82, 2.24) is 4.90 Å². The molecule has 0 N–H and O–H groups in total. The molecule has 1 fully saturated rings. The second kappa shape index (κ2) is 10.7. The van der Waals surface area contributed by atoms with Crippen LogP contribution in [0.5, 0.6) is 0 Å². The average molecular weight is 542 g/mol. The highest BCUT2D eigenvalue weighted by atomic mass is 19.4. The van der Waals surface area contributed by atoms with Crippen LogP contribution in [-0.2, 0) is 12.6 Å². The number of aryl methyl sites for hydroxylation is 2. The number of fused-ring (bicyclic) bond motifs is 1. The van der Waals surface area contributed by atoms with Crippen LogP contribution in [0.25, 0.3) is 17.2 Å². The van der Waals surface area contributed by atoms with Gasteiger partial charge in [-0.2, -0.15) is 26.3 Å². The van der Waals surface area contributed by atoms with E-state index in [0.29, 0.717) is 25.1 Å². The Morgan fingerprint density at radius 3 is 2.18 bits per heavy atom. The van der Waals surface area contributed by atoms with E-state index in [-0.39, 0.29) is 17.7 Å². The Labute approximate surface area is 224 Å². The van der Waals surface area contributed by atoms with Gasteiger partial charge in [-0.05, 0) is 76.3 Å². The Hall–Kier alpha value is -3.32. The quantitative estimate of drug-likeness (QED) is 0.292. The fraction of sp³-hybridized carbons (Fsp3) is 0.312. The maximum Gasteiger partial charge on any atom is 0.417 e. The van der Waals surface area contributed by atoms with Crippen LogP contribution in [0.15, 0.2) is 72.3 Å². The number of nitrogens with zero attached hydrogens (tertiary/aromatic N) is 1. The fourth-order valence-corrected chi connectivity index (χ4v) is 5.66. The van der Waals surface area contributed by atoms with Crippen molar-refractivity contribution in [3.8, 4) is 0 Å². The van der Waals surface area contributed by atoms with Crippen molar-refractivity contribution < 1.29 is 26.3 Å². The summed E-state index contributed by atoms with van der Waals surface area (Å²) >= 11 is 0. The predicted molar refractivity (Wildman–Crippen MR) is 143 cm³/mol. The summed E-state index contributed by atoms with van der Waals surface area (Å²) in [6, 6.07) is 20.4. The Balaban J connectivity index is 1.52. The Bertz CT molecular complexity index is 1400. The van der Waals surface area contributed by atoms with Crippen LogP contribution < -0.4 is 0 Å². The summed E-state index contributed by atoms with van der Waals surface area (Å²) in [4.78, 5) is 1.76. The summed E-state index contributed by atoms with van der Waals surface area (Å²) in [5.41, 5.74) is 6.24. The SMILES string of the molecule is Cc1cccc(C2=C(c3ccc(C=C4CN(CCC(F)(F)F)C4)cc3)c3ccccc3CCC2)c1C(F)(F)F. The van der Waals surface area contributed by atoms with Gasteiger partial charge in [0.15, 0.2) is 0 Å². The van der Waals surface area contributed by atoms with Gasteiger partial charge in [0.2, 0.25) is 0 Å². The van der Waals surface area contributed by atoms with Crippen LogP contribution in [0, 0.1) is 6.92 Å². The molecule has 1 saturated heterocycles. The third kappa shape index (κ3) is 6.14. The number of hydrogen-bond acceptors (Lipinski definition) is 1. The lowest BCUT2D eigenvalue weighted by molar-refractivity contribution is -0.139. The van der Waals surface area contributed by atoms with Gasteiger partial charge in [-0.25, -0.2) is 0 Å². The number of halogens is 6. The standard InChI is InChI=1S/C32H29F6N/c1-21-6-4-11-28(30(21)32(36,37)38)27-10-5-8-24-7-2-3-9-26(24)29(27)25-14-12-22(13-15-25)18-23-19-39(20-23)17-16-31(33,34)35/h2-4,6-7,9,11-15,18H,5,8,10,16-17,19-20H2,1H3. The number of alkyl halides is 6. The van der Waals surface area contributed by atoms with Crippen molar-refractivity contribution >= 4 is 17.2 Å². The zero-order valence-corrected chi connectivity index (χ0v) is 21.6. The fourth-order valence-electron chi connectivity index (χ4n) is 5.66. The van der Waals surface area contributed by atoms with Crippen LogP contribution in [0.3, 0.4) is 0 Å². The first-order chi connectivity index (χ1) is 18.5. The molecule has 3 aromatic rings. The third-order valence-corrected chi connectivity index (χ3v) is 7.48.